The lowest BCUT2D eigenvalue weighted by Crippen LogP contribution is -2.17. The summed E-state index contributed by atoms with van der Waals surface area (Å²) < 4.78 is 65.7. The maximum Gasteiger partial charge on any atom is 0.267 e. The predicted octanol–water partition coefficient (Wildman–Crippen LogP) is 2.92. The van der Waals surface area contributed by atoms with Crippen molar-refractivity contribution in [1.82, 2.24) is 0 Å². The van der Waals surface area contributed by atoms with E-state index in [1.165, 1.54) is 25.1 Å². The maximum atomic E-state index is 13.5. The number of aryl methyl sites for hydroxylation is 1. The van der Waals surface area contributed by atoms with Crippen molar-refractivity contribution in [2.45, 2.75) is 11.8 Å². The number of halogens is 3. The van der Waals surface area contributed by atoms with Gasteiger partial charge in [-0.2, -0.15) is 0 Å². The van der Waals surface area contributed by atoms with Crippen LogP contribution in [0.1, 0.15) is 5.56 Å². The Kier molecular flexibility index (Phi) is 3.82. The molecule has 0 aliphatic carbocycles. The van der Waals surface area contributed by atoms with Gasteiger partial charge in [0.05, 0.1) is 5.69 Å². The SMILES string of the molecule is Cc1cccc(NS(=O)(=O)c2c(F)cc(F)cc2F)c1O. The van der Waals surface area contributed by atoms with Gasteiger partial charge in [-0.25, -0.2) is 21.6 Å². The third-order valence-corrected chi connectivity index (χ3v) is 4.13. The Labute approximate surface area is 118 Å². The van der Waals surface area contributed by atoms with Gasteiger partial charge in [0.2, 0.25) is 0 Å². The van der Waals surface area contributed by atoms with E-state index in [9.17, 15) is 26.7 Å². The van der Waals surface area contributed by atoms with E-state index < -0.39 is 32.4 Å². The van der Waals surface area contributed by atoms with Gasteiger partial charge in [0.25, 0.3) is 10.0 Å². The predicted molar refractivity (Wildman–Crippen MR) is 70.0 cm³/mol. The number of rotatable bonds is 3. The quantitative estimate of drug-likeness (QED) is 0.856. The second-order valence-corrected chi connectivity index (χ2v) is 5.89. The molecule has 0 bridgehead atoms. The zero-order chi connectivity index (χ0) is 15.8. The van der Waals surface area contributed by atoms with Gasteiger partial charge in [0.15, 0.2) is 4.90 Å². The molecule has 0 heterocycles. The van der Waals surface area contributed by atoms with Crippen molar-refractivity contribution in [3.8, 4) is 5.75 Å². The fraction of sp³-hybridized carbons (Fsp3) is 0.0769. The highest BCUT2D eigenvalue weighted by molar-refractivity contribution is 7.92. The molecule has 8 heteroatoms. The highest BCUT2D eigenvalue weighted by atomic mass is 32.2. The van der Waals surface area contributed by atoms with Crippen LogP contribution in [0.15, 0.2) is 35.2 Å². The first kappa shape index (κ1) is 15.2. The van der Waals surface area contributed by atoms with Gasteiger partial charge in [0, 0.05) is 12.1 Å². The number of phenols is 1. The van der Waals surface area contributed by atoms with E-state index in [1.807, 2.05) is 4.72 Å². The lowest BCUT2D eigenvalue weighted by molar-refractivity contribution is 0.473. The normalized spacial score (nSPS) is 11.4. The summed E-state index contributed by atoms with van der Waals surface area (Å²) in [6.07, 6.45) is 0. The third kappa shape index (κ3) is 2.94. The molecule has 0 spiro atoms. The van der Waals surface area contributed by atoms with Crippen molar-refractivity contribution in [1.29, 1.82) is 0 Å². The average molecular weight is 317 g/mol. The van der Waals surface area contributed by atoms with Crippen molar-refractivity contribution in [3.63, 3.8) is 0 Å². The number of hydrogen-bond acceptors (Lipinski definition) is 3. The van der Waals surface area contributed by atoms with E-state index in [0.29, 0.717) is 5.56 Å². The minimum absolute atomic E-state index is 0.238. The number of sulfonamides is 1. The van der Waals surface area contributed by atoms with Gasteiger partial charge >= 0.3 is 0 Å². The minimum Gasteiger partial charge on any atom is -0.505 e. The van der Waals surface area contributed by atoms with E-state index >= 15 is 0 Å². The first-order valence-electron chi connectivity index (χ1n) is 5.68. The van der Waals surface area contributed by atoms with Gasteiger partial charge in [-0.3, -0.25) is 4.72 Å². The van der Waals surface area contributed by atoms with Gasteiger partial charge in [-0.1, -0.05) is 12.1 Å². The molecule has 0 atom stereocenters. The van der Waals surface area contributed by atoms with Crippen LogP contribution in [0.4, 0.5) is 18.9 Å². The summed E-state index contributed by atoms with van der Waals surface area (Å²) in [5, 5.41) is 9.72. The van der Waals surface area contributed by atoms with Crippen LogP contribution >= 0.6 is 0 Å². The number of nitrogens with one attached hydrogen (secondary N) is 1. The van der Waals surface area contributed by atoms with Gasteiger partial charge < -0.3 is 5.11 Å². The molecule has 0 aliphatic rings. The summed E-state index contributed by atoms with van der Waals surface area (Å²) in [4.78, 5) is -1.31. The molecule has 0 saturated heterocycles. The van der Waals surface area contributed by atoms with Crippen molar-refractivity contribution >= 4 is 15.7 Å². The molecule has 2 aromatic rings. The van der Waals surface area contributed by atoms with Crippen molar-refractivity contribution in [3.05, 3.63) is 53.3 Å². The Morgan fingerprint density at radius 2 is 1.67 bits per heavy atom. The summed E-state index contributed by atoms with van der Waals surface area (Å²) in [5.74, 6) is -4.73. The molecule has 0 aliphatic heterocycles. The Bertz CT molecular complexity index is 783. The van der Waals surface area contributed by atoms with Crippen LogP contribution in [-0.2, 0) is 10.0 Å². The van der Waals surface area contributed by atoms with E-state index in [0.717, 1.165) is 0 Å². The standard InChI is InChI=1S/C13H10F3NO3S/c1-7-3-2-4-11(12(7)18)17-21(19,20)13-9(15)5-8(14)6-10(13)16/h2-6,17-18H,1H3. The van der Waals surface area contributed by atoms with E-state index in [-0.39, 0.29) is 23.6 Å². The smallest absolute Gasteiger partial charge is 0.267 e. The fourth-order valence-electron chi connectivity index (χ4n) is 1.72. The van der Waals surface area contributed by atoms with Crippen molar-refractivity contribution < 1.29 is 26.7 Å². The summed E-state index contributed by atoms with van der Waals surface area (Å²) in [6.45, 7) is 1.52. The van der Waals surface area contributed by atoms with Crippen LogP contribution in [0, 0.1) is 24.4 Å². The molecule has 2 aromatic carbocycles. The monoisotopic (exact) mass is 317 g/mol. The van der Waals surface area contributed by atoms with Crippen molar-refractivity contribution in [2.24, 2.45) is 0 Å². The van der Waals surface area contributed by atoms with Crippen LogP contribution in [-0.4, -0.2) is 13.5 Å². The zero-order valence-electron chi connectivity index (χ0n) is 10.7. The number of anilines is 1. The van der Waals surface area contributed by atoms with Crippen LogP contribution in [0.5, 0.6) is 5.75 Å². The molecule has 112 valence electrons. The molecule has 0 saturated carbocycles. The summed E-state index contributed by atoms with van der Waals surface area (Å²) in [6, 6.07) is 4.71. The summed E-state index contributed by atoms with van der Waals surface area (Å²) in [5.41, 5.74) is 0.133. The zero-order valence-corrected chi connectivity index (χ0v) is 11.5. The molecule has 2 N–H and O–H groups in total. The lowest BCUT2D eigenvalue weighted by Gasteiger charge is -2.12. The van der Waals surface area contributed by atoms with E-state index in [4.69, 9.17) is 0 Å². The second-order valence-electron chi connectivity index (χ2n) is 4.28. The molecule has 4 nitrogen and oxygen atoms in total. The van der Waals surface area contributed by atoms with Crippen LogP contribution in [0.25, 0.3) is 0 Å². The molecule has 0 aromatic heterocycles. The molecular weight excluding hydrogens is 307 g/mol. The van der Waals surface area contributed by atoms with Gasteiger partial charge in [0.1, 0.15) is 23.2 Å². The Balaban J connectivity index is 2.51. The largest absolute Gasteiger partial charge is 0.505 e. The fourth-order valence-corrected chi connectivity index (χ4v) is 2.91. The van der Waals surface area contributed by atoms with Crippen LogP contribution in [0.3, 0.4) is 0 Å². The number of phenolic OH excluding ortho intramolecular Hbond substituents is 1. The molecule has 0 unspecified atom stereocenters. The van der Waals surface area contributed by atoms with E-state index in [2.05, 4.69) is 0 Å². The van der Waals surface area contributed by atoms with Gasteiger partial charge in [-0.05, 0) is 18.6 Å². The average Bonchev–Trinajstić information content (AvgIpc) is 2.33. The lowest BCUT2D eigenvalue weighted by atomic mass is 10.2. The van der Waals surface area contributed by atoms with E-state index in [1.54, 1.807) is 0 Å². The first-order chi connectivity index (χ1) is 9.72. The topological polar surface area (TPSA) is 66.4 Å². The molecule has 0 fully saturated rings. The highest BCUT2D eigenvalue weighted by Crippen LogP contribution is 2.30. The molecular formula is C13H10F3NO3S. The Morgan fingerprint density at radius 1 is 1.10 bits per heavy atom. The number of para-hydroxylation sites is 1. The van der Waals surface area contributed by atoms with Crippen molar-refractivity contribution in [2.75, 3.05) is 4.72 Å². The Hall–Kier alpha value is -2.22. The van der Waals surface area contributed by atoms with Crippen LogP contribution < -0.4 is 4.72 Å². The Morgan fingerprint density at radius 3 is 2.24 bits per heavy atom. The highest BCUT2D eigenvalue weighted by Gasteiger charge is 2.26. The third-order valence-electron chi connectivity index (χ3n) is 2.71. The molecule has 0 radical (unpaired) electrons. The molecule has 21 heavy (non-hydrogen) atoms. The summed E-state index contributed by atoms with van der Waals surface area (Å²) in [7, 11) is -4.66. The maximum absolute atomic E-state index is 13.5. The second kappa shape index (κ2) is 5.28. The first-order valence-corrected chi connectivity index (χ1v) is 7.16. The summed E-state index contributed by atoms with van der Waals surface area (Å²) >= 11 is 0. The number of aromatic hydroxyl groups is 1. The minimum atomic E-state index is -4.66. The number of hydrogen-bond donors (Lipinski definition) is 2. The molecule has 0 amide bonds. The van der Waals surface area contributed by atoms with Crippen LogP contribution in [0.2, 0.25) is 0 Å². The number of benzene rings is 2. The molecule has 2 rings (SSSR count). The van der Waals surface area contributed by atoms with Gasteiger partial charge in [-0.15, -0.1) is 0 Å².